The van der Waals surface area contributed by atoms with Gasteiger partial charge < -0.3 is 10.0 Å². The molecule has 1 aromatic rings. The summed E-state index contributed by atoms with van der Waals surface area (Å²) in [7, 11) is -3.70. The van der Waals surface area contributed by atoms with Gasteiger partial charge in [-0.15, -0.1) is 0 Å². The molecule has 0 spiro atoms. The van der Waals surface area contributed by atoms with Crippen molar-refractivity contribution < 1.29 is 23.1 Å². The highest BCUT2D eigenvalue weighted by Gasteiger charge is 2.35. The van der Waals surface area contributed by atoms with Crippen LogP contribution in [0.3, 0.4) is 0 Å². The number of carbonyl (C=O) groups is 2. The number of nitrogens with zero attached hydrogens (tertiary/aromatic N) is 1. The maximum absolute atomic E-state index is 12.8. The first-order valence-corrected chi connectivity index (χ1v) is 9.78. The summed E-state index contributed by atoms with van der Waals surface area (Å²) in [4.78, 5) is 25.7. The van der Waals surface area contributed by atoms with E-state index in [1.165, 1.54) is 23.1 Å². The van der Waals surface area contributed by atoms with Crippen molar-refractivity contribution >= 4 is 21.9 Å². The van der Waals surface area contributed by atoms with Crippen LogP contribution in [0, 0.1) is 5.92 Å². The Morgan fingerprint density at radius 3 is 2.60 bits per heavy atom. The number of carboxylic acids is 1. The van der Waals surface area contributed by atoms with Gasteiger partial charge in [-0.3, -0.25) is 9.59 Å². The van der Waals surface area contributed by atoms with Crippen LogP contribution in [0.25, 0.3) is 0 Å². The van der Waals surface area contributed by atoms with Gasteiger partial charge in [0.1, 0.15) is 0 Å². The zero-order valence-electron chi connectivity index (χ0n) is 14.6. The molecule has 25 heavy (non-hydrogen) atoms. The van der Waals surface area contributed by atoms with Crippen LogP contribution in [-0.4, -0.2) is 48.9 Å². The lowest BCUT2D eigenvalue weighted by atomic mass is 9.90. The third kappa shape index (κ3) is 4.38. The number of hydrogen-bond acceptors (Lipinski definition) is 4. The molecule has 0 radical (unpaired) electrons. The summed E-state index contributed by atoms with van der Waals surface area (Å²) in [6, 6.07) is 5.14. The van der Waals surface area contributed by atoms with Gasteiger partial charge in [-0.2, -0.15) is 0 Å². The first-order chi connectivity index (χ1) is 11.6. The monoisotopic (exact) mass is 368 g/mol. The fourth-order valence-corrected chi connectivity index (χ4v) is 4.40. The molecular weight excluding hydrogens is 344 g/mol. The average molecular weight is 368 g/mol. The minimum atomic E-state index is -3.70. The Bertz CT molecular complexity index is 760. The SMILES string of the molecule is CC(C)NS(=O)(=O)c1cccc(C(=O)N2CCC[C@H](C(=O)O)[C@@H]2C)c1. The fourth-order valence-electron chi connectivity index (χ4n) is 3.10. The fraction of sp³-hybridized carbons (Fsp3) is 0.529. The van der Waals surface area contributed by atoms with Crippen LogP contribution in [0.15, 0.2) is 29.2 Å². The number of rotatable bonds is 5. The van der Waals surface area contributed by atoms with E-state index in [9.17, 15) is 23.1 Å². The molecule has 2 N–H and O–H groups in total. The zero-order chi connectivity index (χ0) is 18.8. The highest BCUT2D eigenvalue weighted by molar-refractivity contribution is 7.89. The van der Waals surface area contributed by atoms with Gasteiger partial charge >= 0.3 is 5.97 Å². The number of benzene rings is 1. The second-order valence-electron chi connectivity index (χ2n) is 6.63. The summed E-state index contributed by atoms with van der Waals surface area (Å²) in [5, 5.41) is 9.29. The number of hydrogen-bond donors (Lipinski definition) is 2. The van der Waals surface area contributed by atoms with Gasteiger partial charge in [0, 0.05) is 24.2 Å². The molecule has 1 amide bonds. The molecule has 1 saturated heterocycles. The van der Waals surface area contributed by atoms with E-state index in [1.54, 1.807) is 26.8 Å². The molecule has 1 aliphatic heterocycles. The maximum Gasteiger partial charge on any atom is 0.308 e. The van der Waals surface area contributed by atoms with Gasteiger partial charge in [0.15, 0.2) is 0 Å². The standard InChI is InChI=1S/C17H24N2O5S/c1-11(2)18-25(23,24)14-7-4-6-13(10-14)16(20)19-9-5-8-15(12(19)3)17(21)22/h4,6-7,10-12,15,18H,5,8-9H2,1-3H3,(H,21,22)/t12-,15-/m0/s1. The number of amides is 1. The summed E-state index contributed by atoms with van der Waals surface area (Å²) >= 11 is 0. The third-order valence-electron chi connectivity index (χ3n) is 4.35. The number of nitrogens with one attached hydrogen (secondary N) is 1. The predicted molar refractivity (Wildman–Crippen MR) is 92.8 cm³/mol. The summed E-state index contributed by atoms with van der Waals surface area (Å²) in [5.74, 6) is -1.87. The molecule has 0 bridgehead atoms. The van der Waals surface area contributed by atoms with Crippen molar-refractivity contribution in [3.63, 3.8) is 0 Å². The number of piperidine rings is 1. The van der Waals surface area contributed by atoms with E-state index in [2.05, 4.69) is 4.72 Å². The minimum absolute atomic E-state index is 0.0199. The third-order valence-corrected chi connectivity index (χ3v) is 6.00. The van der Waals surface area contributed by atoms with Gasteiger partial charge in [-0.05, 0) is 51.8 Å². The van der Waals surface area contributed by atoms with Crippen molar-refractivity contribution in [3.8, 4) is 0 Å². The number of carboxylic acid groups (broad SMARTS) is 1. The molecule has 0 unspecified atom stereocenters. The highest BCUT2D eigenvalue weighted by Crippen LogP contribution is 2.26. The Morgan fingerprint density at radius 2 is 2.00 bits per heavy atom. The molecule has 1 heterocycles. The molecule has 8 heteroatoms. The first kappa shape index (κ1) is 19.4. The topological polar surface area (TPSA) is 104 Å². The highest BCUT2D eigenvalue weighted by atomic mass is 32.2. The Morgan fingerprint density at radius 1 is 1.32 bits per heavy atom. The van der Waals surface area contributed by atoms with Crippen LogP contribution in [0.2, 0.25) is 0 Å². The second kappa shape index (κ2) is 7.53. The summed E-state index contributed by atoms with van der Waals surface area (Å²) in [6.45, 7) is 5.61. The number of sulfonamides is 1. The Hall–Kier alpha value is -1.93. The van der Waals surface area contributed by atoms with Crippen LogP contribution in [0.5, 0.6) is 0 Å². The number of likely N-dealkylation sites (tertiary alicyclic amines) is 1. The van der Waals surface area contributed by atoms with E-state index in [1.807, 2.05) is 0 Å². The molecule has 0 saturated carbocycles. The molecule has 138 valence electrons. The lowest BCUT2D eigenvalue weighted by Crippen LogP contribution is -2.49. The van der Waals surface area contributed by atoms with Crippen LogP contribution >= 0.6 is 0 Å². The van der Waals surface area contributed by atoms with Gasteiger partial charge in [-0.1, -0.05) is 6.07 Å². The lowest BCUT2D eigenvalue weighted by Gasteiger charge is -2.37. The van der Waals surface area contributed by atoms with Crippen molar-refractivity contribution in [2.24, 2.45) is 5.92 Å². The van der Waals surface area contributed by atoms with Crippen molar-refractivity contribution in [3.05, 3.63) is 29.8 Å². The predicted octanol–water partition coefficient (Wildman–Crippen LogP) is 1.70. The molecular formula is C17H24N2O5S. The minimum Gasteiger partial charge on any atom is -0.481 e. The molecule has 2 rings (SSSR count). The van der Waals surface area contributed by atoms with Crippen molar-refractivity contribution in [1.29, 1.82) is 0 Å². The Labute approximate surface area is 148 Å². The van der Waals surface area contributed by atoms with Crippen LogP contribution in [-0.2, 0) is 14.8 Å². The van der Waals surface area contributed by atoms with E-state index in [-0.39, 0.29) is 22.4 Å². The van der Waals surface area contributed by atoms with E-state index in [0.717, 1.165) is 0 Å². The van der Waals surface area contributed by atoms with Crippen LogP contribution in [0.1, 0.15) is 44.0 Å². The molecule has 1 aromatic carbocycles. The second-order valence-corrected chi connectivity index (χ2v) is 8.34. The molecule has 0 aromatic heterocycles. The van der Waals surface area contributed by atoms with Gasteiger partial charge in [0.05, 0.1) is 10.8 Å². The Balaban J connectivity index is 2.28. The van der Waals surface area contributed by atoms with Gasteiger partial charge in [0.2, 0.25) is 10.0 Å². The molecule has 7 nitrogen and oxygen atoms in total. The van der Waals surface area contributed by atoms with E-state index >= 15 is 0 Å². The summed E-state index contributed by atoms with van der Waals surface area (Å²) in [5.41, 5.74) is 0.240. The molecule has 2 atom stereocenters. The summed E-state index contributed by atoms with van der Waals surface area (Å²) in [6.07, 6.45) is 1.15. The van der Waals surface area contributed by atoms with E-state index in [4.69, 9.17) is 0 Å². The van der Waals surface area contributed by atoms with Crippen molar-refractivity contribution in [1.82, 2.24) is 9.62 Å². The average Bonchev–Trinajstić information content (AvgIpc) is 2.53. The molecule has 1 fully saturated rings. The van der Waals surface area contributed by atoms with E-state index < -0.39 is 28.0 Å². The zero-order valence-corrected chi connectivity index (χ0v) is 15.4. The first-order valence-electron chi connectivity index (χ1n) is 8.29. The maximum atomic E-state index is 12.8. The largest absolute Gasteiger partial charge is 0.481 e. The molecule has 0 aliphatic carbocycles. The van der Waals surface area contributed by atoms with Crippen molar-refractivity contribution in [2.75, 3.05) is 6.54 Å². The summed E-state index contributed by atoms with van der Waals surface area (Å²) < 4.78 is 27.1. The number of aliphatic carboxylic acids is 1. The Kier molecular flexibility index (Phi) is 5.84. The van der Waals surface area contributed by atoms with E-state index in [0.29, 0.717) is 19.4 Å². The van der Waals surface area contributed by atoms with Gasteiger partial charge in [0.25, 0.3) is 5.91 Å². The lowest BCUT2D eigenvalue weighted by molar-refractivity contribution is -0.144. The van der Waals surface area contributed by atoms with Crippen LogP contribution < -0.4 is 4.72 Å². The van der Waals surface area contributed by atoms with Crippen LogP contribution in [0.4, 0.5) is 0 Å². The number of carbonyl (C=O) groups excluding carboxylic acids is 1. The smallest absolute Gasteiger partial charge is 0.308 e. The molecule has 1 aliphatic rings. The normalized spacial score (nSPS) is 21.4. The van der Waals surface area contributed by atoms with Gasteiger partial charge in [-0.25, -0.2) is 13.1 Å². The quantitative estimate of drug-likeness (QED) is 0.823. The van der Waals surface area contributed by atoms with Crippen molar-refractivity contribution in [2.45, 2.75) is 50.6 Å².